The summed E-state index contributed by atoms with van der Waals surface area (Å²) in [7, 11) is 1.92. The first-order chi connectivity index (χ1) is 9.63. The van der Waals surface area contributed by atoms with E-state index in [4.69, 9.17) is 0 Å². The molecule has 20 heavy (non-hydrogen) atoms. The van der Waals surface area contributed by atoms with E-state index in [2.05, 4.69) is 31.8 Å². The summed E-state index contributed by atoms with van der Waals surface area (Å²) in [5.74, 6) is 0. The number of nitrogens with one attached hydrogen (secondary N) is 1. The molecule has 3 rings (SSSR count). The molecule has 0 fully saturated rings. The number of pyridine rings is 1. The Bertz CT molecular complexity index is 743. The summed E-state index contributed by atoms with van der Waals surface area (Å²) >= 11 is 1.69. The molecule has 0 aromatic carbocycles. The topological polar surface area (TPSA) is 55.6 Å². The molecule has 5 nitrogen and oxygen atoms in total. The second-order valence-electron chi connectivity index (χ2n) is 4.91. The second kappa shape index (κ2) is 5.30. The predicted octanol–water partition coefficient (Wildman–Crippen LogP) is 2.33. The van der Waals surface area contributed by atoms with Crippen LogP contribution in [-0.4, -0.2) is 19.7 Å². The first kappa shape index (κ1) is 13.2. The third-order valence-corrected chi connectivity index (χ3v) is 4.16. The highest BCUT2D eigenvalue weighted by Gasteiger charge is 2.07. The van der Waals surface area contributed by atoms with Gasteiger partial charge >= 0.3 is 0 Å². The van der Waals surface area contributed by atoms with Gasteiger partial charge < -0.3 is 5.32 Å². The van der Waals surface area contributed by atoms with Crippen LogP contribution in [0.3, 0.4) is 0 Å². The highest BCUT2D eigenvalue weighted by atomic mass is 32.1. The number of rotatable bonds is 4. The van der Waals surface area contributed by atoms with Crippen molar-refractivity contribution in [2.75, 3.05) is 0 Å². The average molecular weight is 287 g/mol. The van der Waals surface area contributed by atoms with Crippen LogP contribution in [-0.2, 0) is 20.1 Å². The van der Waals surface area contributed by atoms with Gasteiger partial charge in [-0.25, -0.2) is 9.97 Å². The van der Waals surface area contributed by atoms with Crippen LogP contribution in [0.1, 0.15) is 22.0 Å². The minimum Gasteiger partial charge on any atom is -0.306 e. The molecule has 1 N–H and O–H groups in total. The van der Waals surface area contributed by atoms with Gasteiger partial charge in [-0.05, 0) is 25.5 Å². The fraction of sp³-hybridized carbons (Fsp3) is 0.357. The van der Waals surface area contributed by atoms with Crippen LogP contribution in [0.5, 0.6) is 0 Å². The number of fused-ring (bicyclic) bond motifs is 1. The van der Waals surface area contributed by atoms with E-state index in [0.717, 1.165) is 40.5 Å². The van der Waals surface area contributed by atoms with Gasteiger partial charge in [0.25, 0.3) is 0 Å². The van der Waals surface area contributed by atoms with Crippen LogP contribution < -0.4 is 5.32 Å². The van der Waals surface area contributed by atoms with Crippen molar-refractivity contribution in [2.24, 2.45) is 7.05 Å². The lowest BCUT2D eigenvalue weighted by Crippen LogP contribution is -2.12. The lowest BCUT2D eigenvalue weighted by molar-refractivity contribution is 0.687. The normalized spacial score (nSPS) is 11.3. The molecule has 0 aliphatic heterocycles. The van der Waals surface area contributed by atoms with Gasteiger partial charge in [0.1, 0.15) is 5.01 Å². The SMILES string of the molecule is Cc1csc(CNCc2cnc3c(c2)c(C)nn3C)n1. The van der Waals surface area contributed by atoms with E-state index in [-0.39, 0.29) is 0 Å². The number of nitrogens with zero attached hydrogens (tertiary/aromatic N) is 4. The Morgan fingerprint density at radius 3 is 2.90 bits per heavy atom. The highest BCUT2D eigenvalue weighted by Crippen LogP contribution is 2.16. The van der Waals surface area contributed by atoms with Gasteiger partial charge in [0.15, 0.2) is 5.65 Å². The van der Waals surface area contributed by atoms with Crippen molar-refractivity contribution >= 4 is 22.4 Å². The fourth-order valence-electron chi connectivity index (χ4n) is 2.25. The van der Waals surface area contributed by atoms with Crippen LogP contribution in [0.2, 0.25) is 0 Å². The van der Waals surface area contributed by atoms with E-state index in [9.17, 15) is 0 Å². The van der Waals surface area contributed by atoms with Gasteiger partial charge in [-0.1, -0.05) is 0 Å². The molecule has 0 radical (unpaired) electrons. The molecule has 0 atom stereocenters. The maximum atomic E-state index is 4.48. The quantitative estimate of drug-likeness (QED) is 0.800. The summed E-state index contributed by atoms with van der Waals surface area (Å²) in [6.45, 7) is 5.61. The number of hydrogen-bond acceptors (Lipinski definition) is 5. The molecule has 0 saturated heterocycles. The minimum absolute atomic E-state index is 0.788. The molecule has 3 heterocycles. The van der Waals surface area contributed by atoms with Crippen molar-refractivity contribution in [3.8, 4) is 0 Å². The standard InChI is InChI=1S/C14H17N5S/c1-9-8-20-13(17-9)7-15-5-11-4-12-10(2)18-19(3)14(12)16-6-11/h4,6,8,15H,5,7H2,1-3H3. The Balaban J connectivity index is 1.70. The van der Waals surface area contributed by atoms with Gasteiger partial charge in [-0.3, -0.25) is 4.68 Å². The number of aryl methyl sites for hydroxylation is 3. The summed E-state index contributed by atoms with van der Waals surface area (Å²) in [6.07, 6.45) is 1.91. The van der Waals surface area contributed by atoms with Crippen molar-refractivity contribution in [1.82, 2.24) is 25.1 Å². The van der Waals surface area contributed by atoms with Crippen molar-refractivity contribution in [3.05, 3.63) is 39.6 Å². The van der Waals surface area contributed by atoms with Crippen LogP contribution in [0.25, 0.3) is 11.0 Å². The van der Waals surface area contributed by atoms with E-state index in [1.807, 2.05) is 31.8 Å². The molecule has 0 bridgehead atoms. The molecular formula is C14H17N5S. The fourth-order valence-corrected chi connectivity index (χ4v) is 2.99. The molecule has 0 unspecified atom stereocenters. The second-order valence-corrected chi connectivity index (χ2v) is 5.85. The lowest BCUT2D eigenvalue weighted by atomic mass is 10.2. The van der Waals surface area contributed by atoms with Crippen molar-refractivity contribution in [1.29, 1.82) is 0 Å². The highest BCUT2D eigenvalue weighted by molar-refractivity contribution is 7.09. The average Bonchev–Trinajstić information content (AvgIpc) is 2.95. The zero-order valence-corrected chi connectivity index (χ0v) is 12.7. The minimum atomic E-state index is 0.788. The molecule has 0 aliphatic rings. The molecule has 0 saturated carbocycles. The Morgan fingerprint density at radius 2 is 2.15 bits per heavy atom. The third-order valence-electron chi connectivity index (χ3n) is 3.19. The number of hydrogen-bond donors (Lipinski definition) is 1. The molecule has 3 aromatic rings. The maximum absolute atomic E-state index is 4.48. The van der Waals surface area contributed by atoms with E-state index >= 15 is 0 Å². The molecule has 0 spiro atoms. The van der Waals surface area contributed by atoms with Gasteiger partial charge in [0, 0.05) is 42.8 Å². The summed E-state index contributed by atoms with van der Waals surface area (Å²) in [5.41, 5.74) is 4.21. The van der Waals surface area contributed by atoms with Crippen LogP contribution in [0.15, 0.2) is 17.6 Å². The van der Waals surface area contributed by atoms with Gasteiger partial charge in [0.2, 0.25) is 0 Å². The van der Waals surface area contributed by atoms with Crippen molar-refractivity contribution in [3.63, 3.8) is 0 Å². The summed E-state index contributed by atoms with van der Waals surface area (Å²) in [4.78, 5) is 8.92. The van der Waals surface area contributed by atoms with Gasteiger partial charge in [-0.15, -0.1) is 11.3 Å². The van der Waals surface area contributed by atoms with E-state index in [1.54, 1.807) is 11.3 Å². The summed E-state index contributed by atoms with van der Waals surface area (Å²) in [5, 5.41) is 12.1. The lowest BCUT2D eigenvalue weighted by Gasteiger charge is -2.03. The van der Waals surface area contributed by atoms with E-state index in [0.29, 0.717) is 0 Å². The largest absolute Gasteiger partial charge is 0.306 e. The summed E-state index contributed by atoms with van der Waals surface area (Å²) in [6, 6.07) is 2.16. The Morgan fingerprint density at radius 1 is 1.30 bits per heavy atom. The molecule has 6 heteroatoms. The van der Waals surface area contributed by atoms with Crippen molar-refractivity contribution < 1.29 is 0 Å². The molecular weight excluding hydrogens is 270 g/mol. The van der Waals surface area contributed by atoms with Crippen LogP contribution in [0.4, 0.5) is 0 Å². The van der Waals surface area contributed by atoms with Crippen LogP contribution >= 0.6 is 11.3 Å². The first-order valence-electron chi connectivity index (χ1n) is 6.53. The Labute approximate surface area is 121 Å². The van der Waals surface area contributed by atoms with Crippen molar-refractivity contribution in [2.45, 2.75) is 26.9 Å². The Kier molecular flexibility index (Phi) is 3.50. The van der Waals surface area contributed by atoms with E-state index < -0.39 is 0 Å². The summed E-state index contributed by atoms with van der Waals surface area (Å²) < 4.78 is 1.82. The maximum Gasteiger partial charge on any atom is 0.157 e. The zero-order valence-electron chi connectivity index (χ0n) is 11.8. The first-order valence-corrected chi connectivity index (χ1v) is 7.41. The molecule has 3 aromatic heterocycles. The van der Waals surface area contributed by atoms with Crippen LogP contribution in [0, 0.1) is 13.8 Å². The zero-order chi connectivity index (χ0) is 14.1. The Hall–Kier alpha value is -1.79. The predicted molar refractivity (Wildman–Crippen MR) is 80.6 cm³/mol. The van der Waals surface area contributed by atoms with Gasteiger partial charge in [0.05, 0.1) is 5.69 Å². The van der Waals surface area contributed by atoms with E-state index in [1.165, 1.54) is 5.56 Å². The number of thiazole rings is 1. The van der Waals surface area contributed by atoms with Gasteiger partial charge in [-0.2, -0.15) is 5.10 Å². The third kappa shape index (κ3) is 2.57. The monoisotopic (exact) mass is 287 g/mol. The molecule has 0 amide bonds. The molecule has 0 aliphatic carbocycles. The number of aromatic nitrogens is 4. The smallest absolute Gasteiger partial charge is 0.157 e. The molecule has 104 valence electrons.